The maximum absolute atomic E-state index is 11.5. The van der Waals surface area contributed by atoms with Gasteiger partial charge in [-0.2, -0.15) is 0 Å². The molecule has 0 aliphatic heterocycles. The molecule has 0 bridgehead atoms. The molecule has 24 heavy (non-hydrogen) atoms. The summed E-state index contributed by atoms with van der Waals surface area (Å²) in [6.45, 7) is 0. The van der Waals surface area contributed by atoms with Gasteiger partial charge in [-0.15, -0.1) is 0 Å². The van der Waals surface area contributed by atoms with Gasteiger partial charge in [0.1, 0.15) is 0 Å². The van der Waals surface area contributed by atoms with E-state index in [2.05, 4.69) is 4.57 Å². The molecule has 0 saturated heterocycles. The molecule has 0 radical (unpaired) electrons. The van der Waals surface area contributed by atoms with E-state index in [1.54, 1.807) is 18.2 Å². The number of rotatable bonds is 3. The number of benzene rings is 3. The Kier molecular flexibility index (Phi) is 3.35. The molecule has 0 aliphatic rings. The van der Waals surface area contributed by atoms with E-state index in [-0.39, 0.29) is 10.6 Å². The van der Waals surface area contributed by atoms with Gasteiger partial charge in [0.2, 0.25) is 0 Å². The fourth-order valence-electron chi connectivity index (χ4n) is 3.06. The Morgan fingerprint density at radius 3 is 2.25 bits per heavy atom. The third kappa shape index (κ3) is 2.25. The van der Waals surface area contributed by atoms with E-state index in [0.29, 0.717) is 5.56 Å². The van der Waals surface area contributed by atoms with Crippen molar-refractivity contribution in [2.24, 2.45) is 0 Å². The van der Waals surface area contributed by atoms with E-state index < -0.39 is 0 Å². The van der Waals surface area contributed by atoms with Crippen molar-refractivity contribution in [1.29, 1.82) is 0 Å². The fraction of sp³-hybridized carbons (Fsp3) is 0. The van der Waals surface area contributed by atoms with Crippen molar-refractivity contribution >= 4 is 16.6 Å². The van der Waals surface area contributed by atoms with E-state index in [9.17, 15) is 10.1 Å². The van der Waals surface area contributed by atoms with Gasteiger partial charge in [0, 0.05) is 17.1 Å². The van der Waals surface area contributed by atoms with E-state index >= 15 is 0 Å². The molecule has 4 nitrogen and oxygen atoms in total. The number of para-hydroxylation sites is 3. The molecule has 1 heterocycles. The maximum Gasteiger partial charge on any atom is 0.278 e. The number of nitrogens with zero attached hydrogens (tertiary/aromatic N) is 2. The molecule has 4 rings (SSSR count). The fourth-order valence-corrected chi connectivity index (χ4v) is 3.06. The number of hydrogen-bond acceptors (Lipinski definition) is 2. The lowest BCUT2D eigenvalue weighted by molar-refractivity contribution is -0.384. The number of nitro groups is 1. The average Bonchev–Trinajstić information content (AvgIpc) is 3.01. The summed E-state index contributed by atoms with van der Waals surface area (Å²) in [5.74, 6) is 0. The van der Waals surface area contributed by atoms with Gasteiger partial charge >= 0.3 is 0 Å². The van der Waals surface area contributed by atoms with Gasteiger partial charge in [-0.3, -0.25) is 10.1 Å². The summed E-state index contributed by atoms with van der Waals surface area (Å²) in [5, 5.41) is 12.5. The Morgan fingerprint density at radius 1 is 0.792 bits per heavy atom. The van der Waals surface area contributed by atoms with Gasteiger partial charge in [0.15, 0.2) is 0 Å². The first-order valence-electron chi connectivity index (χ1n) is 7.65. The van der Waals surface area contributed by atoms with Crippen molar-refractivity contribution in [3.05, 3.63) is 95.0 Å². The lowest BCUT2D eigenvalue weighted by Gasteiger charge is -2.11. The first-order chi connectivity index (χ1) is 11.8. The third-order valence-electron chi connectivity index (χ3n) is 4.10. The SMILES string of the molecule is O=[N+]([O-])c1ccccc1-c1cc2ccccc2n1-c1ccccc1. The summed E-state index contributed by atoms with van der Waals surface area (Å²) < 4.78 is 2.07. The molecule has 4 aromatic rings. The summed E-state index contributed by atoms with van der Waals surface area (Å²) in [4.78, 5) is 11.1. The second-order valence-corrected chi connectivity index (χ2v) is 5.53. The van der Waals surface area contributed by atoms with Crippen molar-refractivity contribution in [3.8, 4) is 16.9 Å². The Bertz CT molecular complexity index is 1040. The van der Waals surface area contributed by atoms with Crippen LogP contribution in [0.5, 0.6) is 0 Å². The van der Waals surface area contributed by atoms with Crippen LogP contribution >= 0.6 is 0 Å². The topological polar surface area (TPSA) is 48.1 Å². The minimum absolute atomic E-state index is 0.109. The molecule has 0 aliphatic carbocycles. The summed E-state index contributed by atoms with van der Waals surface area (Å²) in [5.41, 5.74) is 3.54. The van der Waals surface area contributed by atoms with Gasteiger partial charge in [0.25, 0.3) is 5.69 Å². The van der Waals surface area contributed by atoms with Gasteiger partial charge < -0.3 is 4.57 Å². The maximum atomic E-state index is 11.5. The predicted octanol–water partition coefficient (Wildman–Crippen LogP) is 5.21. The van der Waals surface area contributed by atoms with E-state index in [0.717, 1.165) is 22.3 Å². The first-order valence-corrected chi connectivity index (χ1v) is 7.65. The summed E-state index contributed by atoms with van der Waals surface area (Å²) >= 11 is 0. The highest BCUT2D eigenvalue weighted by atomic mass is 16.6. The quantitative estimate of drug-likeness (QED) is 0.385. The second-order valence-electron chi connectivity index (χ2n) is 5.53. The van der Waals surface area contributed by atoms with Crippen LogP contribution in [0.25, 0.3) is 27.8 Å². The molecule has 0 amide bonds. The van der Waals surface area contributed by atoms with Gasteiger partial charge in [-0.1, -0.05) is 48.5 Å². The molecule has 116 valence electrons. The molecular weight excluding hydrogens is 300 g/mol. The Morgan fingerprint density at radius 2 is 1.46 bits per heavy atom. The zero-order valence-electron chi connectivity index (χ0n) is 12.8. The molecule has 4 heteroatoms. The Hall–Kier alpha value is -3.40. The van der Waals surface area contributed by atoms with Crippen molar-refractivity contribution in [3.63, 3.8) is 0 Å². The summed E-state index contributed by atoms with van der Waals surface area (Å²) in [7, 11) is 0. The van der Waals surface area contributed by atoms with E-state index in [4.69, 9.17) is 0 Å². The normalized spacial score (nSPS) is 10.8. The molecule has 0 saturated carbocycles. The highest BCUT2D eigenvalue weighted by Crippen LogP contribution is 2.36. The molecule has 0 spiro atoms. The van der Waals surface area contributed by atoms with Crippen LogP contribution in [-0.4, -0.2) is 9.49 Å². The van der Waals surface area contributed by atoms with Crippen LogP contribution in [0, 0.1) is 10.1 Å². The highest BCUT2D eigenvalue weighted by Gasteiger charge is 2.19. The number of nitro benzene ring substituents is 1. The number of fused-ring (bicyclic) bond motifs is 1. The van der Waals surface area contributed by atoms with Crippen LogP contribution in [0.1, 0.15) is 0 Å². The van der Waals surface area contributed by atoms with E-state index in [1.165, 1.54) is 0 Å². The van der Waals surface area contributed by atoms with Crippen molar-refractivity contribution < 1.29 is 4.92 Å². The van der Waals surface area contributed by atoms with Gasteiger partial charge in [-0.05, 0) is 30.3 Å². The van der Waals surface area contributed by atoms with Crippen molar-refractivity contribution in [2.75, 3.05) is 0 Å². The summed E-state index contributed by atoms with van der Waals surface area (Å²) in [6, 6.07) is 26.8. The first kappa shape index (κ1) is 14.2. The molecular formula is C20H14N2O2. The van der Waals surface area contributed by atoms with Crippen LogP contribution in [0.15, 0.2) is 84.9 Å². The minimum atomic E-state index is -0.331. The molecule has 0 fully saturated rings. The third-order valence-corrected chi connectivity index (χ3v) is 4.10. The Labute approximate surface area is 138 Å². The second kappa shape index (κ2) is 5.66. The molecule has 3 aromatic carbocycles. The van der Waals surface area contributed by atoms with Crippen molar-refractivity contribution in [2.45, 2.75) is 0 Å². The van der Waals surface area contributed by atoms with Crippen LogP contribution in [-0.2, 0) is 0 Å². The zero-order valence-corrected chi connectivity index (χ0v) is 12.8. The molecule has 0 atom stereocenters. The van der Waals surface area contributed by atoms with Crippen LogP contribution in [0.4, 0.5) is 5.69 Å². The number of hydrogen-bond donors (Lipinski definition) is 0. The largest absolute Gasteiger partial charge is 0.309 e. The van der Waals surface area contributed by atoms with E-state index in [1.807, 2.05) is 66.7 Å². The number of aromatic nitrogens is 1. The smallest absolute Gasteiger partial charge is 0.278 e. The van der Waals surface area contributed by atoms with Crippen LogP contribution in [0.2, 0.25) is 0 Å². The minimum Gasteiger partial charge on any atom is -0.309 e. The van der Waals surface area contributed by atoms with Gasteiger partial charge in [0.05, 0.1) is 21.7 Å². The molecule has 1 aromatic heterocycles. The zero-order chi connectivity index (χ0) is 16.5. The van der Waals surface area contributed by atoms with Crippen molar-refractivity contribution in [1.82, 2.24) is 4.57 Å². The average molecular weight is 314 g/mol. The Balaban J connectivity index is 2.09. The monoisotopic (exact) mass is 314 g/mol. The molecule has 0 unspecified atom stereocenters. The lowest BCUT2D eigenvalue weighted by Crippen LogP contribution is -1.99. The lowest BCUT2D eigenvalue weighted by atomic mass is 10.1. The predicted molar refractivity (Wildman–Crippen MR) is 95.4 cm³/mol. The highest BCUT2D eigenvalue weighted by molar-refractivity contribution is 5.90. The standard InChI is InChI=1S/C20H14N2O2/c23-22(24)19-13-7-5-11-17(19)20-14-15-8-4-6-12-18(15)21(20)16-9-2-1-3-10-16/h1-14H. The van der Waals surface area contributed by atoms with Gasteiger partial charge in [-0.25, -0.2) is 0 Å². The molecule has 0 N–H and O–H groups in total. The van der Waals surface area contributed by atoms with Crippen LogP contribution < -0.4 is 0 Å². The van der Waals surface area contributed by atoms with Crippen LogP contribution in [0.3, 0.4) is 0 Å². The summed E-state index contributed by atoms with van der Waals surface area (Å²) in [6.07, 6.45) is 0.